The number of carbonyl (C=O) groups excluding carboxylic acids is 1. The van der Waals surface area contributed by atoms with Crippen LogP contribution < -0.4 is 10.1 Å². The fraction of sp³-hybridized carbons (Fsp3) is 0.417. The fourth-order valence-electron chi connectivity index (χ4n) is 1.20. The molecule has 0 aromatic heterocycles. The predicted molar refractivity (Wildman–Crippen MR) is 63.1 cm³/mol. The first-order valence-corrected chi connectivity index (χ1v) is 5.45. The summed E-state index contributed by atoms with van der Waals surface area (Å²) in [6.07, 6.45) is -5.15. The van der Waals surface area contributed by atoms with Crippen LogP contribution in [-0.4, -0.2) is 31.9 Å². The highest BCUT2D eigenvalue weighted by Gasteiger charge is 2.29. The molecule has 1 amide bonds. The van der Waals surface area contributed by atoms with Gasteiger partial charge in [0.1, 0.15) is 11.9 Å². The Morgan fingerprint density at radius 1 is 1.37 bits per heavy atom. The summed E-state index contributed by atoms with van der Waals surface area (Å²) in [5.41, 5.74) is 0.167. The van der Waals surface area contributed by atoms with Gasteiger partial charge in [0, 0.05) is 7.11 Å². The molecule has 0 fully saturated rings. The summed E-state index contributed by atoms with van der Waals surface area (Å²) in [5.74, 6) is -0.512. The van der Waals surface area contributed by atoms with Crippen LogP contribution in [-0.2, 0) is 9.53 Å². The number of ether oxygens (including phenoxy) is 2. The molecule has 0 aliphatic rings. The van der Waals surface area contributed by atoms with Gasteiger partial charge in [0.2, 0.25) is 0 Å². The molecular formula is C12H14F3NO3. The van der Waals surface area contributed by atoms with Crippen LogP contribution >= 0.6 is 0 Å². The van der Waals surface area contributed by atoms with Gasteiger partial charge < -0.3 is 14.8 Å². The van der Waals surface area contributed by atoms with Gasteiger partial charge in [0.25, 0.3) is 5.91 Å². The van der Waals surface area contributed by atoms with Gasteiger partial charge in [-0.2, -0.15) is 13.2 Å². The third-order valence-corrected chi connectivity index (χ3v) is 2.26. The molecule has 0 spiro atoms. The third kappa shape index (κ3) is 5.17. The second-order valence-electron chi connectivity index (χ2n) is 3.77. The lowest BCUT2D eigenvalue weighted by Gasteiger charge is -2.15. The number of para-hydroxylation sites is 2. The minimum atomic E-state index is -4.43. The molecule has 1 aromatic carbocycles. The van der Waals surface area contributed by atoms with Gasteiger partial charge in [-0.05, 0) is 19.1 Å². The van der Waals surface area contributed by atoms with Crippen molar-refractivity contribution in [1.29, 1.82) is 0 Å². The van der Waals surface area contributed by atoms with Crippen molar-refractivity contribution in [1.82, 2.24) is 0 Å². The average molecular weight is 277 g/mol. The first kappa shape index (κ1) is 15.3. The average Bonchev–Trinajstić information content (AvgIpc) is 2.35. The van der Waals surface area contributed by atoms with Crippen LogP contribution in [0, 0.1) is 0 Å². The van der Waals surface area contributed by atoms with Crippen LogP contribution in [0.4, 0.5) is 18.9 Å². The summed E-state index contributed by atoms with van der Waals surface area (Å²) in [4.78, 5) is 11.6. The quantitative estimate of drug-likeness (QED) is 0.900. The van der Waals surface area contributed by atoms with E-state index in [-0.39, 0.29) is 11.4 Å². The molecular weight excluding hydrogens is 263 g/mol. The molecule has 0 radical (unpaired) electrons. The van der Waals surface area contributed by atoms with Crippen LogP contribution in [0.1, 0.15) is 6.92 Å². The molecule has 0 saturated heterocycles. The smallest absolute Gasteiger partial charge is 0.422 e. The van der Waals surface area contributed by atoms with Crippen LogP contribution in [0.2, 0.25) is 0 Å². The number of nitrogens with one attached hydrogen (secondary N) is 1. The highest BCUT2D eigenvalue weighted by molar-refractivity contribution is 5.95. The lowest BCUT2D eigenvalue weighted by Crippen LogP contribution is -2.27. The van der Waals surface area contributed by atoms with E-state index in [1.807, 2.05) is 0 Å². The van der Waals surface area contributed by atoms with Crippen molar-refractivity contribution >= 4 is 11.6 Å². The van der Waals surface area contributed by atoms with Gasteiger partial charge in [-0.15, -0.1) is 0 Å². The normalized spacial score (nSPS) is 12.9. The monoisotopic (exact) mass is 277 g/mol. The Hall–Kier alpha value is -1.76. The molecule has 19 heavy (non-hydrogen) atoms. The zero-order valence-electron chi connectivity index (χ0n) is 10.5. The fourth-order valence-corrected chi connectivity index (χ4v) is 1.20. The first-order valence-electron chi connectivity index (χ1n) is 5.45. The SMILES string of the molecule is COC(C)C(=O)Nc1ccccc1OCC(F)(F)F. The highest BCUT2D eigenvalue weighted by atomic mass is 19.4. The van der Waals surface area contributed by atoms with E-state index in [9.17, 15) is 18.0 Å². The van der Waals surface area contributed by atoms with Gasteiger partial charge in [-0.1, -0.05) is 12.1 Å². The van der Waals surface area contributed by atoms with E-state index >= 15 is 0 Å². The van der Waals surface area contributed by atoms with Gasteiger partial charge >= 0.3 is 6.18 Å². The number of methoxy groups -OCH3 is 1. The van der Waals surface area contributed by atoms with Gasteiger partial charge in [-0.25, -0.2) is 0 Å². The second kappa shape index (κ2) is 6.42. The number of halogens is 3. The maximum atomic E-state index is 12.1. The summed E-state index contributed by atoms with van der Waals surface area (Å²) < 4.78 is 45.7. The molecule has 0 aliphatic heterocycles. The molecule has 0 heterocycles. The number of benzene rings is 1. The van der Waals surface area contributed by atoms with Gasteiger partial charge in [0.05, 0.1) is 5.69 Å². The largest absolute Gasteiger partial charge is 0.482 e. The summed E-state index contributed by atoms with van der Waals surface area (Å²) in [6, 6.07) is 5.89. The predicted octanol–water partition coefficient (Wildman–Crippen LogP) is 2.60. The van der Waals surface area contributed by atoms with Crippen LogP contribution in [0.15, 0.2) is 24.3 Å². The van der Waals surface area contributed by atoms with E-state index < -0.39 is 24.8 Å². The number of alkyl halides is 3. The number of hydrogen-bond acceptors (Lipinski definition) is 3. The van der Waals surface area contributed by atoms with Crippen LogP contribution in [0.25, 0.3) is 0 Å². The summed E-state index contributed by atoms with van der Waals surface area (Å²) in [7, 11) is 1.36. The van der Waals surface area contributed by atoms with Crippen molar-refractivity contribution in [2.75, 3.05) is 19.0 Å². The molecule has 7 heteroatoms. The Balaban J connectivity index is 2.76. The zero-order valence-corrected chi connectivity index (χ0v) is 10.5. The van der Waals surface area contributed by atoms with Crippen molar-refractivity contribution in [2.45, 2.75) is 19.2 Å². The minimum Gasteiger partial charge on any atom is -0.482 e. The summed E-state index contributed by atoms with van der Waals surface area (Å²) >= 11 is 0. The first-order chi connectivity index (χ1) is 8.83. The summed E-state index contributed by atoms with van der Waals surface area (Å²) in [6.45, 7) is 0.105. The second-order valence-corrected chi connectivity index (χ2v) is 3.77. The Labute approximate surface area is 108 Å². The number of hydrogen-bond donors (Lipinski definition) is 1. The number of rotatable bonds is 5. The molecule has 1 atom stereocenters. The summed E-state index contributed by atoms with van der Waals surface area (Å²) in [5, 5.41) is 2.44. The van der Waals surface area contributed by atoms with E-state index in [2.05, 4.69) is 10.1 Å². The van der Waals surface area contributed by atoms with Crippen LogP contribution in [0.5, 0.6) is 5.75 Å². The van der Waals surface area contributed by atoms with Crippen LogP contribution in [0.3, 0.4) is 0 Å². The van der Waals surface area contributed by atoms with E-state index in [1.165, 1.54) is 32.2 Å². The standard InChI is InChI=1S/C12H14F3NO3/c1-8(18-2)11(17)16-9-5-3-4-6-10(9)19-7-12(13,14)15/h3-6,8H,7H2,1-2H3,(H,16,17). The zero-order chi connectivity index (χ0) is 14.5. The number of carbonyl (C=O) groups is 1. The minimum absolute atomic E-state index is 0.0449. The van der Waals surface area contributed by atoms with Crippen molar-refractivity contribution < 1.29 is 27.4 Å². The Kier molecular flexibility index (Phi) is 5.17. The van der Waals surface area contributed by atoms with Crippen molar-refractivity contribution in [3.63, 3.8) is 0 Å². The van der Waals surface area contributed by atoms with E-state index in [4.69, 9.17) is 4.74 Å². The molecule has 0 aliphatic carbocycles. The topological polar surface area (TPSA) is 47.6 Å². The number of anilines is 1. The maximum Gasteiger partial charge on any atom is 0.422 e. The number of amides is 1. The molecule has 1 N–H and O–H groups in total. The Bertz CT molecular complexity index is 434. The van der Waals surface area contributed by atoms with Crippen molar-refractivity contribution in [3.8, 4) is 5.75 Å². The lowest BCUT2D eigenvalue weighted by molar-refractivity contribution is -0.153. The molecule has 0 saturated carbocycles. The molecule has 106 valence electrons. The maximum absolute atomic E-state index is 12.1. The molecule has 1 unspecified atom stereocenters. The Morgan fingerprint density at radius 2 is 2.00 bits per heavy atom. The molecule has 1 aromatic rings. The van der Waals surface area contributed by atoms with Crippen molar-refractivity contribution in [2.24, 2.45) is 0 Å². The van der Waals surface area contributed by atoms with Gasteiger partial charge in [0.15, 0.2) is 6.61 Å². The molecule has 0 bridgehead atoms. The highest BCUT2D eigenvalue weighted by Crippen LogP contribution is 2.26. The molecule has 1 rings (SSSR count). The van der Waals surface area contributed by atoms with E-state index in [0.717, 1.165) is 0 Å². The lowest BCUT2D eigenvalue weighted by atomic mass is 10.2. The Morgan fingerprint density at radius 3 is 2.58 bits per heavy atom. The van der Waals surface area contributed by atoms with E-state index in [0.29, 0.717) is 0 Å². The third-order valence-electron chi connectivity index (χ3n) is 2.26. The molecule has 4 nitrogen and oxygen atoms in total. The van der Waals surface area contributed by atoms with Crippen molar-refractivity contribution in [3.05, 3.63) is 24.3 Å². The van der Waals surface area contributed by atoms with Gasteiger partial charge in [-0.3, -0.25) is 4.79 Å². The van der Waals surface area contributed by atoms with E-state index in [1.54, 1.807) is 6.07 Å².